The van der Waals surface area contributed by atoms with Gasteiger partial charge in [-0.3, -0.25) is 9.59 Å². The number of nitrogens with one attached hydrogen (secondary N) is 1. The van der Waals surface area contributed by atoms with Gasteiger partial charge >= 0.3 is 5.97 Å². The number of anilines is 1. The predicted molar refractivity (Wildman–Crippen MR) is 94.9 cm³/mol. The number of benzene rings is 2. The van der Waals surface area contributed by atoms with Crippen molar-refractivity contribution in [3.8, 4) is 5.75 Å². The summed E-state index contributed by atoms with van der Waals surface area (Å²) in [6.07, 6.45) is 1.47. The van der Waals surface area contributed by atoms with E-state index in [1.807, 2.05) is 30.3 Å². The Labute approximate surface area is 150 Å². The summed E-state index contributed by atoms with van der Waals surface area (Å²) in [6.45, 7) is -0.358. The van der Waals surface area contributed by atoms with Crippen molar-refractivity contribution in [1.82, 2.24) is 0 Å². The molecule has 3 rings (SSSR count). The van der Waals surface area contributed by atoms with Crippen LogP contribution in [0, 0.1) is 0 Å². The first-order chi connectivity index (χ1) is 12.0. The third kappa shape index (κ3) is 3.77. The number of ether oxygens (including phenoxy) is 2. The Balaban J connectivity index is 1.60. The molecule has 2 aromatic rings. The van der Waals surface area contributed by atoms with Gasteiger partial charge in [-0.25, -0.2) is 0 Å². The van der Waals surface area contributed by atoms with Crippen LogP contribution in [0.4, 0.5) is 5.69 Å². The molecule has 1 aliphatic rings. The topological polar surface area (TPSA) is 64.6 Å². The molecule has 5 nitrogen and oxygen atoms in total. The van der Waals surface area contributed by atoms with Gasteiger partial charge in [-0.05, 0) is 36.6 Å². The molecule has 0 spiro atoms. The van der Waals surface area contributed by atoms with E-state index in [9.17, 15) is 9.59 Å². The number of carbonyl (C=O) groups excluding carboxylic acids is 2. The second kappa shape index (κ2) is 7.15. The summed E-state index contributed by atoms with van der Waals surface area (Å²) in [6, 6.07) is 14.4. The van der Waals surface area contributed by atoms with Gasteiger partial charge in [0.05, 0.1) is 18.2 Å². The maximum Gasteiger partial charge on any atom is 0.317 e. The SMILES string of the molecule is COc1ccc(Cl)cc1NC(=O)COC(=O)C1(c2ccccc2)CC1. The van der Waals surface area contributed by atoms with E-state index in [0.29, 0.717) is 16.5 Å². The zero-order valence-corrected chi connectivity index (χ0v) is 14.5. The number of esters is 1. The van der Waals surface area contributed by atoms with Crippen molar-refractivity contribution in [2.24, 2.45) is 0 Å². The van der Waals surface area contributed by atoms with Gasteiger partial charge < -0.3 is 14.8 Å². The standard InChI is InChI=1S/C19H18ClNO4/c1-24-16-8-7-14(20)11-15(16)21-17(22)12-25-18(23)19(9-10-19)13-5-3-2-4-6-13/h2-8,11H,9-10,12H2,1H3,(H,21,22). The van der Waals surface area contributed by atoms with Crippen LogP contribution in [0.3, 0.4) is 0 Å². The molecule has 0 radical (unpaired) electrons. The van der Waals surface area contributed by atoms with E-state index in [1.165, 1.54) is 7.11 Å². The summed E-state index contributed by atoms with van der Waals surface area (Å²) in [5, 5.41) is 3.11. The summed E-state index contributed by atoms with van der Waals surface area (Å²) in [5.41, 5.74) is 0.757. The number of halogens is 1. The van der Waals surface area contributed by atoms with Crippen LogP contribution in [0.2, 0.25) is 5.02 Å². The Morgan fingerprint density at radius 1 is 1.16 bits per heavy atom. The van der Waals surface area contributed by atoms with E-state index >= 15 is 0 Å². The van der Waals surface area contributed by atoms with Gasteiger partial charge in [0.2, 0.25) is 0 Å². The molecule has 0 heterocycles. The van der Waals surface area contributed by atoms with Crippen LogP contribution in [0.5, 0.6) is 5.75 Å². The van der Waals surface area contributed by atoms with Crippen LogP contribution in [0.1, 0.15) is 18.4 Å². The summed E-state index contributed by atoms with van der Waals surface area (Å²) in [7, 11) is 1.50. The molecule has 0 aliphatic heterocycles. The molecule has 0 unspecified atom stereocenters. The number of hydrogen-bond acceptors (Lipinski definition) is 4. The lowest BCUT2D eigenvalue weighted by molar-refractivity contribution is -0.150. The highest BCUT2D eigenvalue weighted by Gasteiger charge is 2.52. The van der Waals surface area contributed by atoms with Crippen molar-refractivity contribution in [3.05, 3.63) is 59.1 Å². The molecular weight excluding hydrogens is 342 g/mol. The fourth-order valence-electron chi connectivity index (χ4n) is 2.73. The lowest BCUT2D eigenvalue weighted by atomic mass is 9.96. The van der Waals surface area contributed by atoms with E-state index in [4.69, 9.17) is 21.1 Å². The van der Waals surface area contributed by atoms with Gasteiger partial charge in [-0.2, -0.15) is 0 Å². The average Bonchev–Trinajstić information content (AvgIpc) is 3.43. The molecular formula is C19H18ClNO4. The summed E-state index contributed by atoms with van der Waals surface area (Å²) in [5.74, 6) is -0.336. The lowest BCUT2D eigenvalue weighted by Gasteiger charge is -2.15. The van der Waals surface area contributed by atoms with Gasteiger partial charge in [0, 0.05) is 5.02 Å². The highest BCUT2D eigenvalue weighted by Crippen LogP contribution is 2.49. The van der Waals surface area contributed by atoms with Gasteiger partial charge in [0.25, 0.3) is 5.91 Å². The molecule has 6 heteroatoms. The quantitative estimate of drug-likeness (QED) is 0.801. The fourth-order valence-corrected chi connectivity index (χ4v) is 2.90. The van der Waals surface area contributed by atoms with Crippen molar-refractivity contribution in [2.75, 3.05) is 19.0 Å². The first kappa shape index (κ1) is 17.3. The fraction of sp³-hybridized carbons (Fsp3) is 0.263. The Morgan fingerprint density at radius 3 is 2.52 bits per heavy atom. The summed E-state index contributed by atoms with van der Waals surface area (Å²) < 4.78 is 10.4. The number of methoxy groups -OCH3 is 1. The molecule has 0 aromatic heterocycles. The third-order valence-electron chi connectivity index (χ3n) is 4.24. The Bertz CT molecular complexity index is 787. The van der Waals surface area contributed by atoms with Crippen LogP contribution >= 0.6 is 11.6 Å². The monoisotopic (exact) mass is 359 g/mol. The molecule has 0 atom stereocenters. The Morgan fingerprint density at radius 2 is 1.88 bits per heavy atom. The second-order valence-corrected chi connectivity index (χ2v) is 6.35. The highest BCUT2D eigenvalue weighted by atomic mass is 35.5. The second-order valence-electron chi connectivity index (χ2n) is 5.92. The van der Waals surface area contributed by atoms with Gasteiger partial charge in [0.15, 0.2) is 6.61 Å². The first-order valence-corrected chi connectivity index (χ1v) is 8.29. The van der Waals surface area contributed by atoms with E-state index in [1.54, 1.807) is 18.2 Å². The van der Waals surface area contributed by atoms with E-state index < -0.39 is 11.3 Å². The van der Waals surface area contributed by atoms with E-state index in [0.717, 1.165) is 18.4 Å². The minimum atomic E-state index is -0.602. The first-order valence-electron chi connectivity index (χ1n) is 7.91. The van der Waals surface area contributed by atoms with Gasteiger partial charge in [0.1, 0.15) is 5.75 Å². The van der Waals surface area contributed by atoms with Crippen LogP contribution < -0.4 is 10.1 Å². The zero-order valence-electron chi connectivity index (χ0n) is 13.8. The molecule has 1 fully saturated rings. The summed E-state index contributed by atoms with van der Waals surface area (Å²) in [4.78, 5) is 24.5. The van der Waals surface area contributed by atoms with Crippen LogP contribution in [0.25, 0.3) is 0 Å². The minimum Gasteiger partial charge on any atom is -0.495 e. The van der Waals surface area contributed by atoms with E-state index in [-0.39, 0.29) is 12.6 Å². The Hall–Kier alpha value is -2.53. The van der Waals surface area contributed by atoms with Crippen LogP contribution in [-0.2, 0) is 19.7 Å². The van der Waals surface area contributed by atoms with Crippen LogP contribution in [0.15, 0.2) is 48.5 Å². The molecule has 1 saturated carbocycles. The van der Waals surface area contributed by atoms with Crippen molar-refractivity contribution >= 4 is 29.2 Å². The van der Waals surface area contributed by atoms with E-state index in [2.05, 4.69) is 5.32 Å². The highest BCUT2D eigenvalue weighted by molar-refractivity contribution is 6.31. The zero-order chi connectivity index (χ0) is 17.9. The van der Waals surface area contributed by atoms with Crippen molar-refractivity contribution in [2.45, 2.75) is 18.3 Å². The van der Waals surface area contributed by atoms with Gasteiger partial charge in [-0.1, -0.05) is 41.9 Å². The molecule has 2 aromatic carbocycles. The summed E-state index contributed by atoms with van der Waals surface area (Å²) >= 11 is 5.93. The maximum absolute atomic E-state index is 12.4. The Kier molecular flexibility index (Phi) is 4.95. The third-order valence-corrected chi connectivity index (χ3v) is 4.47. The molecule has 1 aliphatic carbocycles. The van der Waals surface area contributed by atoms with Gasteiger partial charge in [-0.15, -0.1) is 0 Å². The molecule has 1 N–H and O–H groups in total. The average molecular weight is 360 g/mol. The minimum absolute atomic E-state index is 0.358. The largest absolute Gasteiger partial charge is 0.495 e. The number of hydrogen-bond donors (Lipinski definition) is 1. The number of amides is 1. The molecule has 25 heavy (non-hydrogen) atoms. The molecule has 0 saturated heterocycles. The van der Waals surface area contributed by atoms with Crippen molar-refractivity contribution < 1.29 is 19.1 Å². The maximum atomic E-state index is 12.4. The molecule has 0 bridgehead atoms. The van der Waals surface area contributed by atoms with Crippen LogP contribution in [-0.4, -0.2) is 25.6 Å². The number of rotatable bonds is 6. The molecule has 1 amide bonds. The molecule has 130 valence electrons. The number of carbonyl (C=O) groups is 2. The normalized spacial score (nSPS) is 14.5. The van der Waals surface area contributed by atoms with Crippen molar-refractivity contribution in [1.29, 1.82) is 0 Å². The lowest BCUT2D eigenvalue weighted by Crippen LogP contribution is -2.28. The predicted octanol–water partition coefficient (Wildman–Crippen LogP) is 3.56. The smallest absolute Gasteiger partial charge is 0.317 e. The van der Waals surface area contributed by atoms with Crippen molar-refractivity contribution in [3.63, 3.8) is 0 Å².